The predicted octanol–water partition coefficient (Wildman–Crippen LogP) is 0.696. The molecule has 0 spiro atoms. The quantitative estimate of drug-likeness (QED) is 0.805. The predicted molar refractivity (Wildman–Crippen MR) is 54.8 cm³/mol. The highest BCUT2D eigenvalue weighted by Gasteiger charge is 2.33. The molecule has 1 aromatic carbocycles. The van der Waals surface area contributed by atoms with Crippen LogP contribution in [-0.4, -0.2) is 19.7 Å². The van der Waals surface area contributed by atoms with Gasteiger partial charge in [0, 0.05) is 6.42 Å². The second-order valence-corrected chi connectivity index (χ2v) is 5.58. The molecular formula is C10H11NO3S. The molecule has 1 aliphatic heterocycles. The molecule has 1 fully saturated rings. The van der Waals surface area contributed by atoms with Gasteiger partial charge in [-0.15, -0.1) is 0 Å². The van der Waals surface area contributed by atoms with E-state index in [1.165, 1.54) is 0 Å². The van der Waals surface area contributed by atoms with Gasteiger partial charge < -0.3 is 5.32 Å². The molecule has 0 radical (unpaired) electrons. The molecule has 1 heterocycles. The van der Waals surface area contributed by atoms with Crippen molar-refractivity contribution < 1.29 is 13.2 Å². The fourth-order valence-electron chi connectivity index (χ4n) is 1.59. The van der Waals surface area contributed by atoms with E-state index in [4.69, 9.17) is 0 Å². The number of hydrogen-bond donors (Lipinski definition) is 1. The van der Waals surface area contributed by atoms with Gasteiger partial charge in [-0.3, -0.25) is 4.79 Å². The maximum Gasteiger partial charge on any atom is 0.221 e. The average molecular weight is 225 g/mol. The van der Waals surface area contributed by atoms with Gasteiger partial charge in [-0.25, -0.2) is 8.42 Å². The number of carbonyl (C=O) groups excluding carboxylic acids is 1. The van der Waals surface area contributed by atoms with Crippen LogP contribution in [0.1, 0.15) is 12.8 Å². The molecule has 1 unspecified atom stereocenters. The van der Waals surface area contributed by atoms with E-state index in [1.807, 2.05) is 0 Å². The van der Waals surface area contributed by atoms with Crippen molar-refractivity contribution in [2.45, 2.75) is 23.1 Å². The highest BCUT2D eigenvalue weighted by Crippen LogP contribution is 2.20. The zero-order valence-corrected chi connectivity index (χ0v) is 8.83. The zero-order chi connectivity index (χ0) is 10.9. The van der Waals surface area contributed by atoms with Crippen molar-refractivity contribution in [3.05, 3.63) is 30.3 Å². The molecule has 1 saturated heterocycles. The first kappa shape index (κ1) is 10.2. The molecule has 0 aromatic heterocycles. The summed E-state index contributed by atoms with van der Waals surface area (Å²) in [5.74, 6) is -0.195. The molecule has 5 heteroatoms. The highest BCUT2D eigenvalue weighted by atomic mass is 32.2. The van der Waals surface area contributed by atoms with Crippen LogP contribution < -0.4 is 5.32 Å². The first-order valence-corrected chi connectivity index (χ1v) is 6.23. The summed E-state index contributed by atoms with van der Waals surface area (Å²) >= 11 is 0. The lowest BCUT2D eigenvalue weighted by Crippen LogP contribution is -2.33. The van der Waals surface area contributed by atoms with Gasteiger partial charge in [0.05, 0.1) is 4.90 Å². The van der Waals surface area contributed by atoms with Crippen molar-refractivity contribution in [3.8, 4) is 0 Å². The number of nitrogens with one attached hydrogen (secondary N) is 1. The minimum Gasteiger partial charge on any atom is -0.339 e. The third-order valence-electron chi connectivity index (χ3n) is 2.40. The van der Waals surface area contributed by atoms with Crippen LogP contribution in [0.25, 0.3) is 0 Å². The molecule has 80 valence electrons. The standard InChI is InChI=1S/C10H11NO3S/c12-9-6-7-10(11-9)15(13,14)8-4-2-1-3-5-8/h1-5,10H,6-7H2,(H,11,12). The van der Waals surface area contributed by atoms with Crippen LogP contribution in [0.3, 0.4) is 0 Å². The van der Waals surface area contributed by atoms with Crippen molar-refractivity contribution in [2.75, 3.05) is 0 Å². The third kappa shape index (κ3) is 1.87. The van der Waals surface area contributed by atoms with Crippen LogP contribution in [0.15, 0.2) is 35.2 Å². The van der Waals surface area contributed by atoms with Gasteiger partial charge >= 0.3 is 0 Å². The molecule has 1 N–H and O–H groups in total. The summed E-state index contributed by atoms with van der Waals surface area (Å²) in [6.07, 6.45) is 0.646. The van der Waals surface area contributed by atoms with Crippen LogP contribution in [0.2, 0.25) is 0 Å². The second kappa shape index (κ2) is 3.66. The maximum atomic E-state index is 12.0. The third-order valence-corrected chi connectivity index (χ3v) is 4.43. The lowest BCUT2D eigenvalue weighted by atomic mass is 10.4. The smallest absolute Gasteiger partial charge is 0.221 e. The summed E-state index contributed by atoms with van der Waals surface area (Å²) in [6, 6.07) is 8.18. The Balaban J connectivity index is 2.32. The molecule has 4 nitrogen and oxygen atoms in total. The number of sulfone groups is 1. The van der Waals surface area contributed by atoms with Crippen LogP contribution >= 0.6 is 0 Å². The maximum absolute atomic E-state index is 12.0. The Bertz CT molecular complexity index is 467. The number of benzene rings is 1. The van der Waals surface area contributed by atoms with Crippen LogP contribution in [0, 0.1) is 0 Å². The van der Waals surface area contributed by atoms with Gasteiger partial charge in [-0.2, -0.15) is 0 Å². The molecule has 15 heavy (non-hydrogen) atoms. The van der Waals surface area contributed by atoms with E-state index < -0.39 is 15.2 Å². The Labute approximate surface area is 88.2 Å². The Morgan fingerprint density at radius 2 is 1.87 bits per heavy atom. The minimum absolute atomic E-state index is 0.195. The fourth-order valence-corrected chi connectivity index (χ4v) is 3.17. The average Bonchev–Trinajstić information content (AvgIpc) is 2.67. The molecule has 1 aliphatic rings. The van der Waals surface area contributed by atoms with Crippen molar-refractivity contribution in [3.63, 3.8) is 0 Å². The summed E-state index contributed by atoms with van der Waals surface area (Å²) in [5, 5.41) is 1.71. The first-order chi connectivity index (χ1) is 7.10. The zero-order valence-electron chi connectivity index (χ0n) is 8.01. The molecular weight excluding hydrogens is 214 g/mol. The molecule has 0 aliphatic carbocycles. The molecule has 1 atom stereocenters. The van der Waals surface area contributed by atoms with Gasteiger partial charge in [0.1, 0.15) is 5.37 Å². The largest absolute Gasteiger partial charge is 0.339 e. The Kier molecular flexibility index (Phi) is 2.48. The van der Waals surface area contributed by atoms with E-state index in [-0.39, 0.29) is 17.2 Å². The van der Waals surface area contributed by atoms with Crippen LogP contribution in [0.5, 0.6) is 0 Å². The van der Waals surface area contributed by atoms with Crippen molar-refractivity contribution >= 4 is 15.7 Å². The molecule has 2 rings (SSSR count). The molecule has 0 saturated carbocycles. The van der Waals surface area contributed by atoms with Gasteiger partial charge in [0.25, 0.3) is 0 Å². The van der Waals surface area contributed by atoms with E-state index in [1.54, 1.807) is 30.3 Å². The monoisotopic (exact) mass is 225 g/mol. The lowest BCUT2D eigenvalue weighted by molar-refractivity contribution is -0.119. The van der Waals surface area contributed by atoms with E-state index in [2.05, 4.69) is 5.32 Å². The van der Waals surface area contributed by atoms with E-state index >= 15 is 0 Å². The summed E-state index contributed by atoms with van der Waals surface area (Å²) in [5.41, 5.74) is 0. The SMILES string of the molecule is O=C1CCC(S(=O)(=O)c2ccccc2)N1. The van der Waals surface area contributed by atoms with E-state index in [9.17, 15) is 13.2 Å². The van der Waals surface area contributed by atoms with E-state index in [0.717, 1.165) is 0 Å². The number of rotatable bonds is 2. The molecule has 1 amide bonds. The summed E-state index contributed by atoms with van der Waals surface area (Å²) in [4.78, 5) is 11.2. The van der Waals surface area contributed by atoms with Gasteiger partial charge in [0.2, 0.25) is 5.91 Å². The topological polar surface area (TPSA) is 63.2 Å². The van der Waals surface area contributed by atoms with Crippen molar-refractivity contribution in [1.82, 2.24) is 5.32 Å². The Hall–Kier alpha value is -1.36. The fraction of sp³-hybridized carbons (Fsp3) is 0.300. The summed E-state index contributed by atoms with van der Waals surface area (Å²) in [7, 11) is -3.40. The minimum atomic E-state index is -3.40. The molecule has 0 bridgehead atoms. The lowest BCUT2D eigenvalue weighted by Gasteiger charge is -2.11. The normalized spacial score (nSPS) is 21.3. The number of carbonyl (C=O) groups is 1. The van der Waals surface area contributed by atoms with Crippen molar-refractivity contribution in [2.24, 2.45) is 0 Å². The van der Waals surface area contributed by atoms with Crippen LogP contribution in [0.4, 0.5) is 0 Å². The number of amides is 1. The van der Waals surface area contributed by atoms with Crippen LogP contribution in [-0.2, 0) is 14.6 Å². The summed E-state index contributed by atoms with van der Waals surface area (Å²) in [6.45, 7) is 0. The van der Waals surface area contributed by atoms with Gasteiger partial charge in [-0.05, 0) is 18.6 Å². The summed E-state index contributed by atoms with van der Waals surface area (Å²) < 4.78 is 23.9. The highest BCUT2D eigenvalue weighted by molar-refractivity contribution is 7.92. The Morgan fingerprint density at radius 1 is 1.20 bits per heavy atom. The number of hydrogen-bond acceptors (Lipinski definition) is 3. The molecule has 1 aromatic rings. The van der Waals surface area contributed by atoms with E-state index in [0.29, 0.717) is 6.42 Å². The van der Waals surface area contributed by atoms with Gasteiger partial charge in [0.15, 0.2) is 9.84 Å². The van der Waals surface area contributed by atoms with Crippen molar-refractivity contribution in [1.29, 1.82) is 0 Å². The first-order valence-electron chi connectivity index (χ1n) is 4.69. The second-order valence-electron chi connectivity index (χ2n) is 3.45. The van der Waals surface area contributed by atoms with Gasteiger partial charge in [-0.1, -0.05) is 18.2 Å². The Morgan fingerprint density at radius 3 is 2.40 bits per heavy atom.